The van der Waals surface area contributed by atoms with Crippen molar-refractivity contribution in [3.8, 4) is 0 Å². The van der Waals surface area contributed by atoms with Crippen molar-refractivity contribution in [2.45, 2.75) is 17.4 Å². The van der Waals surface area contributed by atoms with Gasteiger partial charge in [-0.1, -0.05) is 15.9 Å². The van der Waals surface area contributed by atoms with E-state index >= 15 is 0 Å². The Morgan fingerprint density at radius 2 is 1.76 bits per heavy atom. The van der Waals surface area contributed by atoms with Crippen molar-refractivity contribution < 1.29 is 16.8 Å². The Hall–Kier alpha value is -0.480. The minimum Gasteiger partial charge on any atom is -0.234 e. The molecule has 1 atom stereocenters. The SMILES string of the molecule is CN(C)N([C@@H]1CCS(=O)(=O)C1)S(=O)(=O)c1ccc(Br)cc1. The Labute approximate surface area is 133 Å². The highest BCUT2D eigenvalue weighted by molar-refractivity contribution is 9.10. The van der Waals surface area contributed by atoms with Crippen LogP contribution in [-0.2, 0) is 19.9 Å². The van der Waals surface area contributed by atoms with Crippen molar-refractivity contribution >= 4 is 35.8 Å². The lowest BCUT2D eigenvalue weighted by atomic mass is 10.3. The lowest BCUT2D eigenvalue weighted by Gasteiger charge is -2.32. The first-order valence-corrected chi connectivity index (χ1v) is 10.4. The van der Waals surface area contributed by atoms with Crippen LogP contribution in [0.2, 0.25) is 0 Å². The van der Waals surface area contributed by atoms with E-state index in [9.17, 15) is 16.8 Å². The summed E-state index contributed by atoms with van der Waals surface area (Å²) in [7, 11) is -3.74. The molecule has 1 fully saturated rings. The fourth-order valence-corrected chi connectivity index (χ4v) is 6.15. The first-order chi connectivity index (χ1) is 9.63. The van der Waals surface area contributed by atoms with E-state index in [1.807, 2.05) is 0 Å². The van der Waals surface area contributed by atoms with Gasteiger partial charge in [-0.3, -0.25) is 0 Å². The van der Waals surface area contributed by atoms with Gasteiger partial charge in [0.1, 0.15) is 0 Å². The van der Waals surface area contributed by atoms with Crippen LogP contribution in [0.3, 0.4) is 0 Å². The molecule has 0 spiro atoms. The second-order valence-electron chi connectivity index (χ2n) is 5.14. The zero-order valence-corrected chi connectivity index (χ0v) is 14.9. The topological polar surface area (TPSA) is 74.8 Å². The van der Waals surface area contributed by atoms with Gasteiger partial charge in [-0.25, -0.2) is 21.8 Å². The molecule has 9 heteroatoms. The first-order valence-electron chi connectivity index (χ1n) is 6.31. The summed E-state index contributed by atoms with van der Waals surface area (Å²) in [6.45, 7) is 0. The molecule has 6 nitrogen and oxygen atoms in total. The third-order valence-corrected chi connectivity index (χ3v) is 7.54. The molecule has 2 rings (SSSR count). The van der Waals surface area contributed by atoms with E-state index in [0.717, 1.165) is 4.47 Å². The van der Waals surface area contributed by atoms with E-state index < -0.39 is 25.9 Å². The normalized spacial score (nSPS) is 22.0. The van der Waals surface area contributed by atoms with Gasteiger partial charge in [0.05, 0.1) is 22.4 Å². The van der Waals surface area contributed by atoms with Gasteiger partial charge in [0.15, 0.2) is 9.84 Å². The molecule has 1 aliphatic rings. The quantitative estimate of drug-likeness (QED) is 0.712. The van der Waals surface area contributed by atoms with Gasteiger partial charge in [-0.15, -0.1) is 4.41 Å². The predicted octanol–water partition coefficient (Wildman–Crippen LogP) is 1.10. The second-order valence-corrected chi connectivity index (χ2v) is 10.1. The van der Waals surface area contributed by atoms with Crippen LogP contribution in [0.1, 0.15) is 6.42 Å². The van der Waals surface area contributed by atoms with Crippen LogP contribution in [0.25, 0.3) is 0 Å². The van der Waals surface area contributed by atoms with Gasteiger partial charge < -0.3 is 0 Å². The average Bonchev–Trinajstić information content (AvgIpc) is 2.69. The summed E-state index contributed by atoms with van der Waals surface area (Å²) in [4.78, 5) is 0.142. The number of sulfonamides is 1. The molecule has 0 unspecified atom stereocenters. The van der Waals surface area contributed by atoms with E-state index in [2.05, 4.69) is 15.9 Å². The van der Waals surface area contributed by atoms with Crippen molar-refractivity contribution in [3.63, 3.8) is 0 Å². The maximum atomic E-state index is 12.8. The van der Waals surface area contributed by atoms with Gasteiger partial charge in [0, 0.05) is 18.6 Å². The highest BCUT2D eigenvalue weighted by Gasteiger charge is 2.40. The molecule has 0 aromatic heterocycles. The molecule has 1 heterocycles. The fraction of sp³-hybridized carbons (Fsp3) is 0.500. The van der Waals surface area contributed by atoms with Crippen molar-refractivity contribution in [1.29, 1.82) is 0 Å². The average molecular weight is 397 g/mol. The van der Waals surface area contributed by atoms with Crippen LogP contribution in [0, 0.1) is 0 Å². The van der Waals surface area contributed by atoms with Crippen molar-refractivity contribution in [2.75, 3.05) is 25.6 Å². The minimum atomic E-state index is -3.78. The Bertz CT molecular complexity index is 714. The molecule has 118 valence electrons. The molecular formula is C12H17BrN2O4S2. The summed E-state index contributed by atoms with van der Waals surface area (Å²) in [5.41, 5.74) is 0. The first kappa shape index (κ1) is 16.9. The standard InChI is InChI=1S/C12H17BrN2O4S2/c1-14(2)15(11-7-8-20(16,17)9-11)21(18,19)12-5-3-10(13)4-6-12/h3-6,11H,7-9H2,1-2H3/t11-/m1/s1. The lowest BCUT2D eigenvalue weighted by molar-refractivity contribution is 0.0893. The zero-order chi connectivity index (χ0) is 15.8. The third-order valence-electron chi connectivity index (χ3n) is 3.27. The van der Waals surface area contributed by atoms with Crippen LogP contribution in [0.15, 0.2) is 33.6 Å². The number of rotatable bonds is 4. The van der Waals surface area contributed by atoms with Crippen LogP contribution in [-0.4, -0.2) is 57.9 Å². The second kappa shape index (κ2) is 5.96. The summed E-state index contributed by atoms with van der Waals surface area (Å²) in [5.74, 6) is -0.112. The van der Waals surface area contributed by atoms with E-state index in [4.69, 9.17) is 0 Å². The smallest absolute Gasteiger partial charge is 0.234 e. The molecule has 0 N–H and O–H groups in total. The third kappa shape index (κ3) is 3.65. The number of hydrazine groups is 1. The summed E-state index contributed by atoms with van der Waals surface area (Å²) < 4.78 is 50.7. The Morgan fingerprint density at radius 1 is 1.19 bits per heavy atom. The number of benzene rings is 1. The molecule has 1 aliphatic heterocycles. The van der Waals surface area contributed by atoms with E-state index in [1.54, 1.807) is 26.2 Å². The van der Waals surface area contributed by atoms with E-state index in [1.165, 1.54) is 21.6 Å². The number of hydrogen-bond acceptors (Lipinski definition) is 5. The van der Waals surface area contributed by atoms with Crippen molar-refractivity contribution in [2.24, 2.45) is 0 Å². The molecule has 1 aromatic rings. The predicted molar refractivity (Wildman–Crippen MR) is 83.9 cm³/mol. The highest BCUT2D eigenvalue weighted by atomic mass is 79.9. The minimum absolute atomic E-state index is 0.0257. The van der Waals surface area contributed by atoms with Gasteiger partial charge >= 0.3 is 0 Å². The highest BCUT2D eigenvalue weighted by Crippen LogP contribution is 2.26. The number of halogens is 1. The van der Waals surface area contributed by atoms with Crippen LogP contribution in [0.4, 0.5) is 0 Å². The van der Waals surface area contributed by atoms with Crippen LogP contribution >= 0.6 is 15.9 Å². The number of hydrogen-bond donors (Lipinski definition) is 0. The maximum Gasteiger partial charge on any atom is 0.256 e. The molecule has 0 aliphatic carbocycles. The maximum absolute atomic E-state index is 12.8. The Balaban J connectivity index is 2.40. The van der Waals surface area contributed by atoms with Gasteiger partial charge in [0.25, 0.3) is 10.0 Å². The van der Waals surface area contributed by atoms with Crippen molar-refractivity contribution in [3.05, 3.63) is 28.7 Å². The van der Waals surface area contributed by atoms with Gasteiger partial charge in [-0.05, 0) is 30.7 Å². The van der Waals surface area contributed by atoms with E-state index in [0.29, 0.717) is 6.42 Å². The van der Waals surface area contributed by atoms with Gasteiger partial charge in [-0.2, -0.15) is 0 Å². The Morgan fingerprint density at radius 3 is 2.19 bits per heavy atom. The molecule has 0 saturated carbocycles. The monoisotopic (exact) mass is 396 g/mol. The van der Waals surface area contributed by atoms with Crippen LogP contribution < -0.4 is 0 Å². The Kier molecular flexibility index (Phi) is 4.79. The molecule has 0 bridgehead atoms. The molecule has 0 radical (unpaired) electrons. The molecular weight excluding hydrogens is 380 g/mol. The van der Waals surface area contributed by atoms with Crippen LogP contribution in [0.5, 0.6) is 0 Å². The summed E-state index contributed by atoms with van der Waals surface area (Å²) >= 11 is 3.26. The lowest BCUT2D eigenvalue weighted by Crippen LogP contribution is -2.49. The number of sulfone groups is 1. The molecule has 1 saturated heterocycles. The van der Waals surface area contributed by atoms with E-state index in [-0.39, 0.29) is 16.4 Å². The molecule has 0 amide bonds. The molecule has 21 heavy (non-hydrogen) atoms. The summed E-state index contributed by atoms with van der Waals surface area (Å²) in [5, 5.41) is 1.43. The molecule has 1 aromatic carbocycles. The summed E-state index contributed by atoms with van der Waals surface area (Å²) in [6, 6.07) is 5.73. The zero-order valence-electron chi connectivity index (χ0n) is 11.7. The van der Waals surface area contributed by atoms with Gasteiger partial charge in [0.2, 0.25) is 0 Å². The summed E-state index contributed by atoms with van der Waals surface area (Å²) in [6.07, 6.45) is 0.316. The fourth-order valence-electron chi connectivity index (χ4n) is 2.40. The largest absolute Gasteiger partial charge is 0.256 e. The number of nitrogens with zero attached hydrogens (tertiary/aromatic N) is 2. The van der Waals surface area contributed by atoms with Crippen molar-refractivity contribution in [1.82, 2.24) is 9.42 Å².